The Morgan fingerprint density at radius 1 is 1.14 bits per heavy atom. The van der Waals surface area contributed by atoms with Gasteiger partial charge in [-0.05, 0) is 42.0 Å². The SMILES string of the molecule is CC(=O)NCCN1C(=O)C(=O)C(=C(O)c2ccc(Cl)cc2)C1c1ccc(Br)cc1. The highest BCUT2D eigenvalue weighted by atomic mass is 79.9. The van der Waals surface area contributed by atoms with E-state index in [0.29, 0.717) is 16.1 Å². The fraction of sp³-hybridized carbons (Fsp3) is 0.190. The summed E-state index contributed by atoms with van der Waals surface area (Å²) in [5, 5.41) is 14.0. The van der Waals surface area contributed by atoms with Crippen molar-refractivity contribution in [1.29, 1.82) is 0 Å². The predicted octanol–water partition coefficient (Wildman–Crippen LogP) is 3.66. The topological polar surface area (TPSA) is 86.7 Å². The standard InChI is InChI=1S/C21H18BrClN2O4/c1-12(26)24-10-11-25-18(13-2-6-15(22)7-3-13)17(20(28)21(25)29)19(27)14-4-8-16(23)9-5-14/h2-9,18,27H,10-11H2,1H3,(H,24,26). The van der Waals surface area contributed by atoms with E-state index in [1.165, 1.54) is 11.8 Å². The van der Waals surface area contributed by atoms with Crippen molar-refractivity contribution in [2.24, 2.45) is 0 Å². The van der Waals surface area contributed by atoms with E-state index >= 15 is 0 Å². The number of hydrogen-bond acceptors (Lipinski definition) is 4. The number of hydrogen-bond donors (Lipinski definition) is 2. The largest absolute Gasteiger partial charge is 0.507 e. The van der Waals surface area contributed by atoms with Crippen LogP contribution in [0.5, 0.6) is 0 Å². The van der Waals surface area contributed by atoms with Crippen molar-refractivity contribution in [3.63, 3.8) is 0 Å². The number of aliphatic hydroxyl groups excluding tert-OH is 1. The van der Waals surface area contributed by atoms with Gasteiger partial charge in [-0.25, -0.2) is 0 Å². The maximum atomic E-state index is 12.8. The Bertz CT molecular complexity index is 987. The Morgan fingerprint density at radius 3 is 2.34 bits per heavy atom. The Kier molecular flexibility index (Phi) is 6.39. The molecular formula is C21H18BrClN2O4. The molecule has 1 saturated heterocycles. The first-order chi connectivity index (χ1) is 13.8. The second kappa shape index (κ2) is 8.80. The zero-order valence-corrected chi connectivity index (χ0v) is 17.8. The second-order valence-electron chi connectivity index (χ2n) is 6.53. The molecule has 0 aromatic heterocycles. The molecule has 0 radical (unpaired) electrons. The van der Waals surface area contributed by atoms with E-state index in [1.54, 1.807) is 48.5 Å². The first kappa shape index (κ1) is 21.1. The van der Waals surface area contributed by atoms with Crippen LogP contribution in [0.25, 0.3) is 5.76 Å². The Balaban J connectivity index is 2.08. The van der Waals surface area contributed by atoms with Crippen molar-refractivity contribution in [3.8, 4) is 0 Å². The molecule has 1 heterocycles. The molecule has 2 amide bonds. The van der Waals surface area contributed by atoms with Crippen LogP contribution in [0.2, 0.25) is 5.02 Å². The van der Waals surface area contributed by atoms with Crippen LogP contribution < -0.4 is 5.32 Å². The second-order valence-corrected chi connectivity index (χ2v) is 7.89. The Hall–Kier alpha value is -2.64. The average Bonchev–Trinajstić information content (AvgIpc) is 2.93. The van der Waals surface area contributed by atoms with Gasteiger partial charge in [-0.3, -0.25) is 14.4 Å². The lowest BCUT2D eigenvalue weighted by molar-refractivity contribution is -0.139. The molecule has 1 aliphatic rings. The highest BCUT2D eigenvalue weighted by molar-refractivity contribution is 9.10. The van der Waals surface area contributed by atoms with Gasteiger partial charge in [0.2, 0.25) is 5.91 Å². The van der Waals surface area contributed by atoms with E-state index in [4.69, 9.17) is 11.6 Å². The minimum absolute atomic E-state index is 0.00229. The van der Waals surface area contributed by atoms with Gasteiger partial charge in [-0.15, -0.1) is 0 Å². The number of likely N-dealkylation sites (tertiary alicyclic amines) is 1. The molecule has 29 heavy (non-hydrogen) atoms. The van der Waals surface area contributed by atoms with Crippen LogP contribution >= 0.6 is 27.5 Å². The van der Waals surface area contributed by atoms with Crippen LogP contribution in [0.1, 0.15) is 24.1 Å². The number of Topliss-reactive ketones (excluding diaryl/α,β-unsaturated/α-hetero) is 1. The number of nitrogens with zero attached hydrogens (tertiary/aromatic N) is 1. The molecule has 8 heteroatoms. The summed E-state index contributed by atoms with van der Waals surface area (Å²) in [4.78, 5) is 38.1. The number of aliphatic hydroxyl groups is 1. The molecule has 0 aliphatic carbocycles. The van der Waals surface area contributed by atoms with Gasteiger partial charge in [-0.2, -0.15) is 0 Å². The van der Waals surface area contributed by atoms with Crippen molar-refractivity contribution in [2.45, 2.75) is 13.0 Å². The predicted molar refractivity (Wildman–Crippen MR) is 113 cm³/mol. The minimum atomic E-state index is -0.771. The molecule has 1 unspecified atom stereocenters. The summed E-state index contributed by atoms with van der Waals surface area (Å²) in [7, 11) is 0. The summed E-state index contributed by atoms with van der Waals surface area (Å²) in [6.07, 6.45) is 0. The Morgan fingerprint density at radius 2 is 1.76 bits per heavy atom. The van der Waals surface area contributed by atoms with Crippen molar-refractivity contribution < 1.29 is 19.5 Å². The van der Waals surface area contributed by atoms with E-state index in [-0.39, 0.29) is 30.3 Å². The average molecular weight is 478 g/mol. The summed E-state index contributed by atoms with van der Waals surface area (Å²) in [6.45, 7) is 1.69. The van der Waals surface area contributed by atoms with Crippen LogP contribution in [0.3, 0.4) is 0 Å². The van der Waals surface area contributed by atoms with E-state index < -0.39 is 17.7 Å². The number of rotatable bonds is 5. The number of amides is 2. The molecule has 150 valence electrons. The summed E-state index contributed by atoms with van der Waals surface area (Å²) in [5.74, 6) is -2.00. The van der Waals surface area contributed by atoms with E-state index in [0.717, 1.165) is 4.47 Å². The molecule has 3 rings (SSSR count). The maximum Gasteiger partial charge on any atom is 0.295 e. The maximum absolute atomic E-state index is 12.8. The molecule has 0 spiro atoms. The monoisotopic (exact) mass is 476 g/mol. The molecule has 2 N–H and O–H groups in total. The molecule has 2 aromatic rings. The number of nitrogens with one attached hydrogen (secondary N) is 1. The van der Waals surface area contributed by atoms with Crippen molar-refractivity contribution in [1.82, 2.24) is 10.2 Å². The molecule has 2 aromatic carbocycles. The van der Waals surface area contributed by atoms with Crippen LogP contribution in [-0.4, -0.2) is 40.7 Å². The van der Waals surface area contributed by atoms with Gasteiger partial charge in [0.1, 0.15) is 5.76 Å². The fourth-order valence-corrected chi connectivity index (χ4v) is 3.61. The van der Waals surface area contributed by atoms with Gasteiger partial charge in [0.25, 0.3) is 11.7 Å². The zero-order chi connectivity index (χ0) is 21.1. The molecular weight excluding hydrogens is 460 g/mol. The highest BCUT2D eigenvalue weighted by Crippen LogP contribution is 2.39. The first-order valence-electron chi connectivity index (χ1n) is 8.84. The van der Waals surface area contributed by atoms with Crippen LogP contribution in [0.15, 0.2) is 58.6 Å². The summed E-state index contributed by atoms with van der Waals surface area (Å²) in [6, 6.07) is 12.7. The number of halogens is 2. The fourth-order valence-electron chi connectivity index (χ4n) is 3.22. The summed E-state index contributed by atoms with van der Waals surface area (Å²) >= 11 is 9.28. The smallest absolute Gasteiger partial charge is 0.295 e. The molecule has 1 fully saturated rings. The molecule has 6 nitrogen and oxygen atoms in total. The van der Waals surface area contributed by atoms with E-state index in [2.05, 4.69) is 21.2 Å². The third-order valence-electron chi connectivity index (χ3n) is 4.57. The van der Waals surface area contributed by atoms with Gasteiger partial charge in [0.15, 0.2) is 0 Å². The van der Waals surface area contributed by atoms with Gasteiger partial charge in [0, 0.05) is 35.1 Å². The zero-order valence-electron chi connectivity index (χ0n) is 15.5. The molecule has 1 atom stereocenters. The lowest BCUT2D eigenvalue weighted by atomic mass is 9.95. The minimum Gasteiger partial charge on any atom is -0.507 e. The molecule has 1 aliphatic heterocycles. The van der Waals surface area contributed by atoms with Crippen molar-refractivity contribution >= 4 is 50.9 Å². The van der Waals surface area contributed by atoms with Crippen LogP contribution in [-0.2, 0) is 14.4 Å². The lowest BCUT2D eigenvalue weighted by Gasteiger charge is -2.25. The number of ketones is 1. The van der Waals surface area contributed by atoms with Crippen LogP contribution in [0, 0.1) is 0 Å². The molecule has 0 saturated carbocycles. The summed E-state index contributed by atoms with van der Waals surface area (Å²) < 4.78 is 0.842. The van der Waals surface area contributed by atoms with Crippen LogP contribution in [0.4, 0.5) is 0 Å². The third kappa shape index (κ3) is 4.52. The lowest BCUT2D eigenvalue weighted by Crippen LogP contribution is -2.37. The van der Waals surface area contributed by atoms with Gasteiger partial charge >= 0.3 is 0 Å². The molecule has 0 bridgehead atoms. The quantitative estimate of drug-likeness (QED) is 0.391. The Labute approximate surface area is 181 Å². The van der Waals surface area contributed by atoms with Crippen molar-refractivity contribution in [3.05, 3.63) is 74.7 Å². The highest BCUT2D eigenvalue weighted by Gasteiger charge is 2.45. The van der Waals surface area contributed by atoms with Gasteiger partial charge in [-0.1, -0.05) is 39.7 Å². The number of carbonyl (C=O) groups is 3. The normalized spacial score (nSPS) is 18.2. The van der Waals surface area contributed by atoms with Crippen molar-refractivity contribution in [2.75, 3.05) is 13.1 Å². The first-order valence-corrected chi connectivity index (χ1v) is 10.0. The summed E-state index contributed by atoms with van der Waals surface area (Å²) in [5.41, 5.74) is 1.06. The van der Waals surface area contributed by atoms with E-state index in [1.807, 2.05) is 0 Å². The number of carbonyl (C=O) groups excluding carboxylic acids is 3. The number of benzene rings is 2. The third-order valence-corrected chi connectivity index (χ3v) is 5.35. The van der Waals surface area contributed by atoms with Gasteiger partial charge in [0.05, 0.1) is 11.6 Å². The van der Waals surface area contributed by atoms with Gasteiger partial charge < -0.3 is 15.3 Å². The van der Waals surface area contributed by atoms with E-state index in [9.17, 15) is 19.5 Å².